The molecule has 5 heteroatoms. The average molecular weight is 273 g/mol. The number of benzene rings is 1. The van der Waals surface area contributed by atoms with Gasteiger partial charge in [-0.25, -0.2) is 4.39 Å². The topological polar surface area (TPSA) is 17.8 Å². The van der Waals surface area contributed by atoms with Crippen LogP contribution in [-0.4, -0.2) is 9.78 Å². The molecule has 2 nitrogen and oxygen atoms in total. The van der Waals surface area contributed by atoms with Gasteiger partial charge in [0.05, 0.1) is 10.0 Å². The molecule has 0 aliphatic rings. The predicted molar refractivity (Wildman–Crippen MR) is 68.0 cm³/mol. The summed E-state index contributed by atoms with van der Waals surface area (Å²) in [4.78, 5) is 0. The minimum Gasteiger partial charge on any atom is -0.268 e. The Bertz CT molecular complexity index is 549. The van der Waals surface area contributed by atoms with Crippen LogP contribution in [0.15, 0.2) is 24.4 Å². The zero-order chi connectivity index (χ0) is 12.6. The second kappa shape index (κ2) is 4.67. The number of hydrogen-bond donors (Lipinski definition) is 0. The molecule has 0 fully saturated rings. The van der Waals surface area contributed by atoms with E-state index in [0.717, 1.165) is 0 Å². The molecule has 1 aromatic heterocycles. The summed E-state index contributed by atoms with van der Waals surface area (Å²) in [7, 11) is 0. The molecule has 0 spiro atoms. The van der Waals surface area contributed by atoms with Gasteiger partial charge in [0.2, 0.25) is 0 Å². The van der Waals surface area contributed by atoms with Gasteiger partial charge in [-0.2, -0.15) is 5.10 Å². The summed E-state index contributed by atoms with van der Waals surface area (Å²) in [6.45, 7) is 4.01. The van der Waals surface area contributed by atoms with Gasteiger partial charge in [-0.3, -0.25) is 4.68 Å². The molecule has 17 heavy (non-hydrogen) atoms. The predicted octanol–water partition coefficient (Wildman–Crippen LogP) is 4.58. The second-order valence-electron chi connectivity index (χ2n) is 4.03. The Morgan fingerprint density at radius 3 is 2.47 bits per heavy atom. The third kappa shape index (κ3) is 2.45. The zero-order valence-corrected chi connectivity index (χ0v) is 10.9. The van der Waals surface area contributed by atoms with Crippen LogP contribution in [0.5, 0.6) is 0 Å². The van der Waals surface area contributed by atoms with Gasteiger partial charge in [0.1, 0.15) is 11.5 Å². The molecule has 0 bridgehead atoms. The van der Waals surface area contributed by atoms with Gasteiger partial charge >= 0.3 is 0 Å². The molecule has 2 rings (SSSR count). The highest BCUT2D eigenvalue weighted by molar-refractivity contribution is 6.33. The van der Waals surface area contributed by atoms with Gasteiger partial charge in [-0.1, -0.05) is 23.2 Å². The summed E-state index contributed by atoms with van der Waals surface area (Å²) in [6, 6.07) is 4.66. The van der Waals surface area contributed by atoms with Gasteiger partial charge in [0.15, 0.2) is 0 Å². The number of aromatic nitrogens is 2. The first kappa shape index (κ1) is 12.4. The molecule has 90 valence electrons. The van der Waals surface area contributed by atoms with Gasteiger partial charge in [0.25, 0.3) is 0 Å². The van der Waals surface area contributed by atoms with Crippen LogP contribution in [0.4, 0.5) is 4.39 Å². The van der Waals surface area contributed by atoms with E-state index in [1.54, 1.807) is 16.9 Å². The van der Waals surface area contributed by atoms with Crippen LogP contribution >= 0.6 is 23.2 Å². The Balaban J connectivity index is 2.49. The molecule has 0 radical (unpaired) electrons. The van der Waals surface area contributed by atoms with E-state index in [9.17, 15) is 4.39 Å². The molecule has 0 aliphatic carbocycles. The van der Waals surface area contributed by atoms with Crippen molar-refractivity contribution < 1.29 is 4.39 Å². The Hall–Kier alpha value is -1.06. The lowest BCUT2D eigenvalue weighted by Gasteiger charge is -2.03. The van der Waals surface area contributed by atoms with E-state index in [4.69, 9.17) is 23.2 Å². The van der Waals surface area contributed by atoms with Gasteiger partial charge < -0.3 is 0 Å². The quantitative estimate of drug-likeness (QED) is 0.783. The summed E-state index contributed by atoms with van der Waals surface area (Å²) >= 11 is 11.8. The number of hydrogen-bond acceptors (Lipinski definition) is 1. The van der Waals surface area contributed by atoms with Crippen LogP contribution in [-0.2, 0) is 0 Å². The fourth-order valence-corrected chi connectivity index (χ4v) is 1.90. The first-order valence-corrected chi connectivity index (χ1v) is 5.94. The molecule has 0 amide bonds. The molecule has 0 atom stereocenters. The summed E-state index contributed by atoms with van der Waals surface area (Å²) in [5.41, 5.74) is 1.32. The van der Waals surface area contributed by atoms with Crippen molar-refractivity contribution in [3.63, 3.8) is 0 Å². The van der Waals surface area contributed by atoms with Gasteiger partial charge in [0, 0.05) is 17.8 Å². The van der Waals surface area contributed by atoms with Crippen molar-refractivity contribution in [1.82, 2.24) is 9.78 Å². The third-order valence-corrected chi connectivity index (χ3v) is 2.98. The normalized spacial score (nSPS) is 11.2. The van der Waals surface area contributed by atoms with Crippen molar-refractivity contribution >= 4 is 23.2 Å². The molecule has 0 aliphatic heterocycles. The highest BCUT2D eigenvalue weighted by Crippen LogP contribution is 2.30. The first-order chi connectivity index (χ1) is 7.99. The van der Waals surface area contributed by atoms with Crippen LogP contribution in [0.1, 0.15) is 19.9 Å². The maximum atomic E-state index is 13.1. The average Bonchev–Trinajstić information content (AvgIpc) is 2.65. The molecule has 0 N–H and O–H groups in total. The van der Waals surface area contributed by atoms with Crippen LogP contribution in [0.2, 0.25) is 10.0 Å². The van der Waals surface area contributed by atoms with Crippen LogP contribution in [0.3, 0.4) is 0 Å². The molecule has 1 heterocycles. The Morgan fingerprint density at radius 1 is 1.24 bits per heavy atom. The largest absolute Gasteiger partial charge is 0.268 e. The van der Waals surface area contributed by atoms with E-state index in [0.29, 0.717) is 16.3 Å². The molecular weight excluding hydrogens is 262 g/mol. The monoisotopic (exact) mass is 272 g/mol. The lowest BCUT2D eigenvalue weighted by Crippen LogP contribution is -2.00. The minimum absolute atomic E-state index is 0.0673. The minimum atomic E-state index is -0.449. The summed E-state index contributed by atoms with van der Waals surface area (Å²) in [5, 5.41) is 4.95. The van der Waals surface area contributed by atoms with Gasteiger partial charge in [-0.05, 0) is 32.0 Å². The standard InChI is InChI=1S/C12H11Cl2FN2/c1-7(2)17-6-10(14)12(16-17)8-3-4-11(15)9(13)5-8/h3-7H,1-2H3. The maximum absolute atomic E-state index is 13.1. The molecular formula is C12H11Cl2FN2. The van der Waals surface area contributed by atoms with Crippen LogP contribution in [0, 0.1) is 5.82 Å². The van der Waals surface area contributed by atoms with E-state index in [-0.39, 0.29) is 11.1 Å². The van der Waals surface area contributed by atoms with Crippen molar-refractivity contribution in [2.45, 2.75) is 19.9 Å². The van der Waals surface area contributed by atoms with E-state index >= 15 is 0 Å². The Kier molecular flexibility index (Phi) is 3.40. The third-order valence-electron chi connectivity index (χ3n) is 2.41. The van der Waals surface area contributed by atoms with Crippen molar-refractivity contribution in [1.29, 1.82) is 0 Å². The highest BCUT2D eigenvalue weighted by Gasteiger charge is 2.12. The fraction of sp³-hybridized carbons (Fsp3) is 0.250. The summed E-state index contributed by atoms with van der Waals surface area (Å²) in [5.74, 6) is -0.449. The first-order valence-electron chi connectivity index (χ1n) is 5.19. The van der Waals surface area contributed by atoms with Crippen molar-refractivity contribution in [2.24, 2.45) is 0 Å². The zero-order valence-electron chi connectivity index (χ0n) is 9.42. The Labute approximate surface area is 109 Å². The van der Waals surface area contributed by atoms with Crippen molar-refractivity contribution in [3.8, 4) is 11.3 Å². The van der Waals surface area contributed by atoms with Crippen LogP contribution < -0.4 is 0 Å². The second-order valence-corrected chi connectivity index (χ2v) is 4.84. The summed E-state index contributed by atoms with van der Waals surface area (Å²) < 4.78 is 14.8. The highest BCUT2D eigenvalue weighted by atomic mass is 35.5. The lowest BCUT2D eigenvalue weighted by atomic mass is 10.1. The SMILES string of the molecule is CC(C)n1cc(Cl)c(-c2ccc(F)c(Cl)c2)n1. The molecule has 1 aromatic carbocycles. The van der Waals surface area contributed by atoms with Crippen molar-refractivity contribution in [3.05, 3.63) is 40.3 Å². The van der Waals surface area contributed by atoms with E-state index < -0.39 is 5.82 Å². The smallest absolute Gasteiger partial charge is 0.141 e. The van der Waals surface area contributed by atoms with E-state index in [2.05, 4.69) is 5.10 Å². The molecule has 2 aromatic rings. The molecule has 0 saturated heterocycles. The lowest BCUT2D eigenvalue weighted by molar-refractivity contribution is 0.534. The molecule has 0 unspecified atom stereocenters. The van der Waals surface area contributed by atoms with Crippen LogP contribution in [0.25, 0.3) is 11.3 Å². The number of rotatable bonds is 2. The molecule has 0 saturated carbocycles. The summed E-state index contributed by atoms with van der Waals surface area (Å²) in [6.07, 6.45) is 1.75. The van der Waals surface area contributed by atoms with Crippen molar-refractivity contribution in [2.75, 3.05) is 0 Å². The van der Waals surface area contributed by atoms with E-state index in [1.165, 1.54) is 12.1 Å². The van der Waals surface area contributed by atoms with E-state index in [1.807, 2.05) is 13.8 Å². The fourth-order valence-electron chi connectivity index (χ4n) is 1.47. The number of nitrogens with zero attached hydrogens (tertiary/aromatic N) is 2. The Morgan fingerprint density at radius 2 is 1.94 bits per heavy atom. The number of halogens is 3. The van der Waals surface area contributed by atoms with Gasteiger partial charge in [-0.15, -0.1) is 0 Å². The maximum Gasteiger partial charge on any atom is 0.141 e.